The Morgan fingerprint density at radius 1 is 1.53 bits per heavy atom. The Balaban J connectivity index is 2.10. The number of carbonyl (C=O) groups is 2. The second-order valence-electron chi connectivity index (χ2n) is 4.32. The first-order chi connectivity index (χ1) is 7.99. The van der Waals surface area contributed by atoms with Crippen molar-refractivity contribution in [2.75, 3.05) is 5.32 Å². The standard InChI is InChI=1S/C11H16N4O2/c1-6-10(7(2)15(3)14-6)13-11(17)8-4-5-9(16)12-8/h8H,4-5H2,1-3H3,(H,12,16)(H,13,17). The van der Waals surface area contributed by atoms with Gasteiger partial charge in [0.05, 0.1) is 17.1 Å². The van der Waals surface area contributed by atoms with Crippen molar-refractivity contribution in [3.63, 3.8) is 0 Å². The third-order valence-corrected chi connectivity index (χ3v) is 3.07. The van der Waals surface area contributed by atoms with E-state index in [9.17, 15) is 9.59 Å². The topological polar surface area (TPSA) is 76.0 Å². The molecule has 2 rings (SSSR count). The van der Waals surface area contributed by atoms with Crippen LogP contribution in [-0.2, 0) is 16.6 Å². The number of carbonyl (C=O) groups excluding carboxylic acids is 2. The van der Waals surface area contributed by atoms with Gasteiger partial charge >= 0.3 is 0 Å². The molecule has 2 amide bonds. The number of amides is 2. The summed E-state index contributed by atoms with van der Waals surface area (Å²) in [6, 6.07) is -0.415. The highest BCUT2D eigenvalue weighted by Crippen LogP contribution is 2.19. The fraction of sp³-hybridized carbons (Fsp3) is 0.545. The first-order valence-electron chi connectivity index (χ1n) is 5.59. The summed E-state index contributed by atoms with van der Waals surface area (Å²) < 4.78 is 1.72. The summed E-state index contributed by atoms with van der Waals surface area (Å²) in [5.41, 5.74) is 2.42. The molecule has 0 radical (unpaired) electrons. The maximum absolute atomic E-state index is 11.9. The lowest BCUT2D eigenvalue weighted by Crippen LogP contribution is -2.37. The Kier molecular flexibility index (Phi) is 2.87. The zero-order valence-corrected chi connectivity index (χ0v) is 10.2. The first-order valence-corrected chi connectivity index (χ1v) is 5.59. The summed E-state index contributed by atoms with van der Waals surface area (Å²) in [5.74, 6) is -0.236. The molecule has 6 nitrogen and oxygen atoms in total. The lowest BCUT2D eigenvalue weighted by molar-refractivity contribution is -0.122. The molecule has 2 N–H and O–H groups in total. The number of aryl methyl sites for hydroxylation is 2. The van der Waals surface area contributed by atoms with E-state index in [4.69, 9.17) is 0 Å². The molecule has 1 aromatic rings. The number of hydrogen-bond acceptors (Lipinski definition) is 3. The first kappa shape index (κ1) is 11.6. The van der Waals surface area contributed by atoms with E-state index in [2.05, 4.69) is 15.7 Å². The molecule has 17 heavy (non-hydrogen) atoms. The monoisotopic (exact) mass is 236 g/mol. The molecule has 1 unspecified atom stereocenters. The summed E-state index contributed by atoms with van der Waals surface area (Å²) in [6.07, 6.45) is 0.978. The number of anilines is 1. The molecule has 0 saturated carbocycles. The second kappa shape index (κ2) is 4.20. The van der Waals surface area contributed by atoms with Crippen LogP contribution in [0.2, 0.25) is 0 Å². The van der Waals surface area contributed by atoms with Crippen LogP contribution in [0.1, 0.15) is 24.2 Å². The molecule has 1 atom stereocenters. The lowest BCUT2D eigenvalue weighted by Gasteiger charge is -2.11. The van der Waals surface area contributed by atoms with Crippen molar-refractivity contribution in [2.24, 2.45) is 7.05 Å². The van der Waals surface area contributed by atoms with Crippen LogP contribution >= 0.6 is 0 Å². The lowest BCUT2D eigenvalue weighted by atomic mass is 10.2. The van der Waals surface area contributed by atoms with E-state index in [1.54, 1.807) is 4.68 Å². The number of nitrogens with one attached hydrogen (secondary N) is 2. The van der Waals surface area contributed by atoms with Crippen LogP contribution in [0.3, 0.4) is 0 Å². The van der Waals surface area contributed by atoms with Crippen molar-refractivity contribution in [3.8, 4) is 0 Å². The smallest absolute Gasteiger partial charge is 0.247 e. The number of rotatable bonds is 2. The van der Waals surface area contributed by atoms with Gasteiger partial charge in [-0.15, -0.1) is 0 Å². The average Bonchev–Trinajstić information content (AvgIpc) is 2.79. The van der Waals surface area contributed by atoms with Gasteiger partial charge in [0, 0.05) is 13.5 Å². The largest absolute Gasteiger partial charge is 0.344 e. The fourth-order valence-electron chi connectivity index (χ4n) is 1.98. The Morgan fingerprint density at radius 3 is 2.71 bits per heavy atom. The summed E-state index contributed by atoms with van der Waals surface area (Å²) in [7, 11) is 1.83. The minimum Gasteiger partial charge on any atom is -0.344 e. The molecule has 2 heterocycles. The zero-order valence-electron chi connectivity index (χ0n) is 10.2. The molecule has 0 spiro atoms. The highest BCUT2D eigenvalue weighted by Gasteiger charge is 2.28. The van der Waals surface area contributed by atoms with Gasteiger partial charge in [-0.05, 0) is 20.3 Å². The molecular weight excluding hydrogens is 220 g/mol. The van der Waals surface area contributed by atoms with E-state index in [0.29, 0.717) is 12.8 Å². The van der Waals surface area contributed by atoms with Crippen molar-refractivity contribution in [3.05, 3.63) is 11.4 Å². The SMILES string of the molecule is Cc1nn(C)c(C)c1NC(=O)C1CCC(=O)N1. The normalized spacial score (nSPS) is 19.2. The quantitative estimate of drug-likeness (QED) is 0.773. The van der Waals surface area contributed by atoms with Crippen molar-refractivity contribution < 1.29 is 9.59 Å². The van der Waals surface area contributed by atoms with Gasteiger partial charge in [-0.2, -0.15) is 5.10 Å². The van der Waals surface area contributed by atoms with Gasteiger partial charge in [0.15, 0.2) is 0 Å². The maximum atomic E-state index is 11.9. The highest BCUT2D eigenvalue weighted by atomic mass is 16.2. The predicted octanol–water partition coefficient (Wildman–Crippen LogP) is 0.254. The summed E-state index contributed by atoms with van der Waals surface area (Å²) >= 11 is 0. The Bertz CT molecular complexity index is 478. The van der Waals surface area contributed by atoms with Gasteiger partial charge in [0.25, 0.3) is 0 Å². The third-order valence-electron chi connectivity index (χ3n) is 3.07. The second-order valence-corrected chi connectivity index (χ2v) is 4.32. The molecule has 1 saturated heterocycles. The average molecular weight is 236 g/mol. The third kappa shape index (κ3) is 2.15. The van der Waals surface area contributed by atoms with Gasteiger partial charge in [-0.1, -0.05) is 0 Å². The van der Waals surface area contributed by atoms with E-state index < -0.39 is 6.04 Å². The predicted molar refractivity (Wildman–Crippen MR) is 62.5 cm³/mol. The molecule has 1 aliphatic rings. The van der Waals surface area contributed by atoms with Gasteiger partial charge in [-0.25, -0.2) is 0 Å². The van der Waals surface area contributed by atoms with Gasteiger partial charge in [0.2, 0.25) is 11.8 Å². The number of aromatic nitrogens is 2. The summed E-state index contributed by atoms with van der Waals surface area (Å²) in [5, 5.41) is 9.69. The minimum atomic E-state index is -0.415. The van der Waals surface area contributed by atoms with Crippen LogP contribution in [0.25, 0.3) is 0 Å². The molecule has 0 bridgehead atoms. The van der Waals surface area contributed by atoms with E-state index in [-0.39, 0.29) is 11.8 Å². The van der Waals surface area contributed by atoms with E-state index in [1.165, 1.54) is 0 Å². The van der Waals surface area contributed by atoms with Crippen molar-refractivity contribution >= 4 is 17.5 Å². The van der Waals surface area contributed by atoms with Crippen LogP contribution in [-0.4, -0.2) is 27.6 Å². The van der Waals surface area contributed by atoms with E-state index >= 15 is 0 Å². The molecule has 1 fully saturated rings. The minimum absolute atomic E-state index is 0.0650. The van der Waals surface area contributed by atoms with Crippen LogP contribution in [0.4, 0.5) is 5.69 Å². The molecule has 1 aromatic heterocycles. The number of nitrogens with zero attached hydrogens (tertiary/aromatic N) is 2. The Hall–Kier alpha value is -1.85. The van der Waals surface area contributed by atoms with Gasteiger partial charge in [-0.3, -0.25) is 14.3 Å². The Morgan fingerprint density at radius 2 is 2.24 bits per heavy atom. The van der Waals surface area contributed by atoms with Crippen LogP contribution in [0.15, 0.2) is 0 Å². The molecule has 0 aromatic carbocycles. The van der Waals surface area contributed by atoms with E-state index in [1.807, 2.05) is 20.9 Å². The number of hydrogen-bond donors (Lipinski definition) is 2. The fourth-order valence-corrected chi connectivity index (χ4v) is 1.98. The zero-order chi connectivity index (χ0) is 12.6. The molecule has 92 valence electrons. The summed E-state index contributed by atoms with van der Waals surface area (Å²) in [6.45, 7) is 3.73. The Labute approximate surface area is 99.4 Å². The molecule has 0 aliphatic carbocycles. The van der Waals surface area contributed by atoms with Crippen LogP contribution < -0.4 is 10.6 Å². The van der Waals surface area contributed by atoms with Crippen molar-refractivity contribution in [2.45, 2.75) is 32.7 Å². The van der Waals surface area contributed by atoms with Crippen LogP contribution in [0, 0.1) is 13.8 Å². The highest BCUT2D eigenvalue weighted by molar-refractivity contribution is 5.99. The molecule has 6 heteroatoms. The van der Waals surface area contributed by atoms with Gasteiger partial charge in [0.1, 0.15) is 6.04 Å². The summed E-state index contributed by atoms with van der Waals surface area (Å²) in [4.78, 5) is 23.0. The van der Waals surface area contributed by atoms with Crippen molar-refractivity contribution in [1.82, 2.24) is 15.1 Å². The van der Waals surface area contributed by atoms with E-state index in [0.717, 1.165) is 17.1 Å². The molecule has 1 aliphatic heterocycles. The van der Waals surface area contributed by atoms with Crippen LogP contribution in [0.5, 0.6) is 0 Å². The van der Waals surface area contributed by atoms with Gasteiger partial charge < -0.3 is 10.6 Å². The molecular formula is C11H16N4O2. The van der Waals surface area contributed by atoms with Crippen molar-refractivity contribution in [1.29, 1.82) is 0 Å². The maximum Gasteiger partial charge on any atom is 0.247 e.